The van der Waals surface area contributed by atoms with Crippen LogP contribution < -0.4 is 10.1 Å². The molecule has 0 amide bonds. The minimum atomic E-state index is 0.214. The number of nitrogens with zero attached hydrogens (tertiary/aromatic N) is 1. The van der Waals surface area contributed by atoms with Crippen molar-refractivity contribution in [2.75, 3.05) is 6.54 Å². The van der Waals surface area contributed by atoms with Crippen LogP contribution in [0.15, 0.2) is 12.1 Å². The van der Waals surface area contributed by atoms with Crippen LogP contribution in [0.25, 0.3) is 0 Å². The summed E-state index contributed by atoms with van der Waals surface area (Å²) in [4.78, 5) is 4.63. The molecule has 0 bridgehead atoms. The lowest BCUT2D eigenvalue weighted by Crippen LogP contribution is -2.17. The van der Waals surface area contributed by atoms with Gasteiger partial charge in [-0.3, -0.25) is 0 Å². The molecule has 1 rings (SSSR count). The monoisotopic (exact) mass is 278 g/mol. The third kappa shape index (κ3) is 6.38. The zero-order valence-electron chi connectivity index (χ0n) is 13.7. The largest absolute Gasteiger partial charge is 0.475 e. The predicted molar refractivity (Wildman–Crippen MR) is 85.2 cm³/mol. The standard InChI is InChI=1S/C17H30N2O/c1-6-8-16-10-15(12-18-7-2)11-17(19-16)20-14(5)9-13(3)4/h10-11,13-14,18H,6-9,12H2,1-5H3. The number of nitrogens with one attached hydrogen (secondary N) is 1. The molecule has 0 aromatic carbocycles. The van der Waals surface area contributed by atoms with Crippen molar-refractivity contribution < 1.29 is 4.74 Å². The fraction of sp³-hybridized carbons (Fsp3) is 0.706. The highest BCUT2D eigenvalue weighted by Crippen LogP contribution is 2.17. The molecule has 3 nitrogen and oxygen atoms in total. The van der Waals surface area contributed by atoms with Gasteiger partial charge in [0.05, 0.1) is 6.10 Å². The maximum Gasteiger partial charge on any atom is 0.214 e. The number of aryl methyl sites for hydroxylation is 1. The first-order valence-corrected chi connectivity index (χ1v) is 7.92. The quantitative estimate of drug-likeness (QED) is 0.742. The Kier molecular flexibility index (Phi) is 7.60. The van der Waals surface area contributed by atoms with Gasteiger partial charge in [0.25, 0.3) is 0 Å². The van der Waals surface area contributed by atoms with Crippen LogP contribution in [0.5, 0.6) is 5.88 Å². The van der Waals surface area contributed by atoms with Crippen LogP contribution in [-0.4, -0.2) is 17.6 Å². The number of hydrogen-bond donors (Lipinski definition) is 1. The molecule has 3 heteroatoms. The fourth-order valence-electron chi connectivity index (χ4n) is 2.35. The Hall–Kier alpha value is -1.09. The molecule has 1 unspecified atom stereocenters. The Morgan fingerprint density at radius 2 is 1.95 bits per heavy atom. The van der Waals surface area contributed by atoms with Crippen LogP contribution in [0.2, 0.25) is 0 Å². The Morgan fingerprint density at radius 1 is 1.20 bits per heavy atom. The van der Waals surface area contributed by atoms with Crippen LogP contribution in [0.4, 0.5) is 0 Å². The Bertz CT molecular complexity index is 391. The average Bonchev–Trinajstić information content (AvgIpc) is 2.35. The van der Waals surface area contributed by atoms with Crippen LogP contribution in [0.1, 0.15) is 58.7 Å². The number of hydrogen-bond acceptors (Lipinski definition) is 3. The molecule has 114 valence electrons. The highest BCUT2D eigenvalue weighted by Gasteiger charge is 2.09. The molecule has 0 spiro atoms. The Balaban J connectivity index is 2.79. The minimum Gasteiger partial charge on any atom is -0.475 e. The third-order valence-corrected chi connectivity index (χ3v) is 3.13. The first-order valence-electron chi connectivity index (χ1n) is 7.92. The van der Waals surface area contributed by atoms with Crippen molar-refractivity contribution >= 4 is 0 Å². The minimum absolute atomic E-state index is 0.214. The molecule has 1 aromatic rings. The second-order valence-corrected chi connectivity index (χ2v) is 5.89. The Labute approximate surface area is 124 Å². The van der Waals surface area contributed by atoms with Crippen molar-refractivity contribution in [2.45, 2.75) is 66.5 Å². The Morgan fingerprint density at radius 3 is 2.55 bits per heavy atom. The van der Waals surface area contributed by atoms with Gasteiger partial charge < -0.3 is 10.1 Å². The van der Waals surface area contributed by atoms with E-state index in [2.05, 4.69) is 57.1 Å². The number of ether oxygens (including phenoxy) is 1. The number of aromatic nitrogens is 1. The molecule has 1 heterocycles. The predicted octanol–water partition coefficient (Wildman–Crippen LogP) is 3.96. The lowest BCUT2D eigenvalue weighted by atomic mass is 10.1. The first-order chi connectivity index (χ1) is 9.55. The van der Waals surface area contributed by atoms with E-state index in [1.807, 2.05) is 0 Å². The summed E-state index contributed by atoms with van der Waals surface area (Å²) in [5.41, 5.74) is 2.40. The number of rotatable bonds is 9. The summed E-state index contributed by atoms with van der Waals surface area (Å²) in [5.74, 6) is 1.42. The van der Waals surface area contributed by atoms with E-state index in [1.165, 1.54) is 5.56 Å². The summed E-state index contributed by atoms with van der Waals surface area (Å²) in [7, 11) is 0. The smallest absolute Gasteiger partial charge is 0.214 e. The lowest BCUT2D eigenvalue weighted by molar-refractivity contribution is 0.185. The van der Waals surface area contributed by atoms with Crippen LogP contribution in [0, 0.1) is 5.92 Å². The SMILES string of the molecule is CCCc1cc(CNCC)cc(OC(C)CC(C)C)n1. The van der Waals surface area contributed by atoms with Gasteiger partial charge in [-0.15, -0.1) is 0 Å². The molecule has 1 atom stereocenters. The molecule has 0 aliphatic carbocycles. The van der Waals surface area contributed by atoms with E-state index in [0.717, 1.165) is 43.9 Å². The van der Waals surface area contributed by atoms with E-state index in [1.54, 1.807) is 0 Å². The molecule has 0 radical (unpaired) electrons. The van der Waals surface area contributed by atoms with Gasteiger partial charge in [-0.05, 0) is 43.9 Å². The summed E-state index contributed by atoms with van der Waals surface area (Å²) in [6.45, 7) is 12.7. The van der Waals surface area contributed by atoms with Gasteiger partial charge in [0.15, 0.2) is 0 Å². The van der Waals surface area contributed by atoms with Crippen LogP contribution in [0.3, 0.4) is 0 Å². The average molecular weight is 278 g/mol. The maximum absolute atomic E-state index is 5.99. The molecule has 0 saturated heterocycles. The van der Waals surface area contributed by atoms with Gasteiger partial charge in [-0.1, -0.05) is 34.1 Å². The van der Waals surface area contributed by atoms with Gasteiger partial charge in [0.1, 0.15) is 0 Å². The highest BCUT2D eigenvalue weighted by atomic mass is 16.5. The first kappa shape index (κ1) is 17.0. The van der Waals surface area contributed by atoms with Crippen LogP contribution in [-0.2, 0) is 13.0 Å². The van der Waals surface area contributed by atoms with Gasteiger partial charge >= 0.3 is 0 Å². The summed E-state index contributed by atoms with van der Waals surface area (Å²) in [6.07, 6.45) is 3.39. The van der Waals surface area contributed by atoms with Crippen LogP contribution >= 0.6 is 0 Å². The second kappa shape index (κ2) is 8.96. The molecular weight excluding hydrogens is 248 g/mol. The van der Waals surface area contributed by atoms with Gasteiger partial charge in [-0.25, -0.2) is 4.98 Å². The van der Waals surface area contributed by atoms with E-state index < -0.39 is 0 Å². The van der Waals surface area contributed by atoms with Crippen molar-refractivity contribution in [1.82, 2.24) is 10.3 Å². The summed E-state index contributed by atoms with van der Waals surface area (Å²) in [5, 5.41) is 3.36. The van der Waals surface area contributed by atoms with Gasteiger partial charge in [0, 0.05) is 18.3 Å². The van der Waals surface area contributed by atoms with Crippen molar-refractivity contribution in [3.05, 3.63) is 23.4 Å². The van der Waals surface area contributed by atoms with E-state index in [9.17, 15) is 0 Å². The van der Waals surface area contributed by atoms with E-state index in [0.29, 0.717) is 5.92 Å². The van der Waals surface area contributed by atoms with Crippen molar-refractivity contribution in [1.29, 1.82) is 0 Å². The topological polar surface area (TPSA) is 34.1 Å². The molecular formula is C17H30N2O. The summed E-state index contributed by atoms with van der Waals surface area (Å²) >= 11 is 0. The van der Waals surface area contributed by atoms with Gasteiger partial charge in [0.2, 0.25) is 5.88 Å². The van der Waals surface area contributed by atoms with Gasteiger partial charge in [-0.2, -0.15) is 0 Å². The fourth-order valence-corrected chi connectivity index (χ4v) is 2.35. The van der Waals surface area contributed by atoms with Crippen molar-refractivity contribution in [2.24, 2.45) is 5.92 Å². The van der Waals surface area contributed by atoms with Crippen molar-refractivity contribution in [3.63, 3.8) is 0 Å². The van der Waals surface area contributed by atoms with Crippen molar-refractivity contribution in [3.8, 4) is 5.88 Å². The van der Waals surface area contributed by atoms with E-state index >= 15 is 0 Å². The normalized spacial score (nSPS) is 12.7. The molecule has 0 fully saturated rings. The van der Waals surface area contributed by atoms with E-state index in [-0.39, 0.29) is 6.10 Å². The lowest BCUT2D eigenvalue weighted by Gasteiger charge is -2.17. The summed E-state index contributed by atoms with van der Waals surface area (Å²) in [6, 6.07) is 4.25. The molecule has 20 heavy (non-hydrogen) atoms. The van der Waals surface area contributed by atoms with E-state index in [4.69, 9.17) is 4.74 Å². The molecule has 1 N–H and O–H groups in total. The molecule has 0 aliphatic rings. The zero-order chi connectivity index (χ0) is 15.0. The maximum atomic E-state index is 5.99. The summed E-state index contributed by atoms with van der Waals surface area (Å²) < 4.78 is 5.99. The molecule has 0 aliphatic heterocycles. The highest BCUT2D eigenvalue weighted by molar-refractivity contribution is 5.25. The molecule has 0 saturated carbocycles. The second-order valence-electron chi connectivity index (χ2n) is 5.89. The molecule has 1 aromatic heterocycles. The third-order valence-electron chi connectivity index (χ3n) is 3.13. The number of pyridine rings is 1. The zero-order valence-corrected chi connectivity index (χ0v) is 13.7.